The molecule has 0 aliphatic rings. The first-order valence-corrected chi connectivity index (χ1v) is 6.45. The highest BCUT2D eigenvalue weighted by Crippen LogP contribution is 2.31. The molecule has 3 aromatic heterocycles. The number of nitrogens with zero attached hydrogens (tertiary/aromatic N) is 5. The van der Waals surface area contributed by atoms with E-state index in [2.05, 4.69) is 15.2 Å². The first-order chi connectivity index (χ1) is 10.3. The summed E-state index contributed by atoms with van der Waals surface area (Å²) in [6.07, 6.45) is 1.86. The van der Waals surface area contributed by atoms with Gasteiger partial charge in [0.15, 0.2) is 11.6 Å². The molecule has 0 bridgehead atoms. The molecule has 114 valence electrons. The van der Waals surface area contributed by atoms with Crippen molar-refractivity contribution in [2.24, 2.45) is 0 Å². The Hall–Kier alpha value is -2.64. The summed E-state index contributed by atoms with van der Waals surface area (Å²) in [5, 5.41) is 8.01. The molecule has 0 unspecified atom stereocenters. The van der Waals surface area contributed by atoms with Crippen molar-refractivity contribution in [1.29, 1.82) is 0 Å². The second-order valence-corrected chi connectivity index (χ2v) is 4.99. The van der Waals surface area contributed by atoms with Crippen molar-refractivity contribution >= 4 is 0 Å². The number of alkyl halides is 3. The van der Waals surface area contributed by atoms with Gasteiger partial charge < -0.3 is 0 Å². The summed E-state index contributed by atoms with van der Waals surface area (Å²) >= 11 is 0. The second kappa shape index (κ2) is 4.97. The Balaban J connectivity index is 2.18. The van der Waals surface area contributed by atoms with Crippen LogP contribution in [0.5, 0.6) is 0 Å². The van der Waals surface area contributed by atoms with E-state index in [1.165, 1.54) is 9.36 Å². The van der Waals surface area contributed by atoms with Gasteiger partial charge in [0.2, 0.25) is 0 Å². The van der Waals surface area contributed by atoms with Crippen molar-refractivity contribution in [1.82, 2.24) is 24.5 Å². The van der Waals surface area contributed by atoms with Crippen LogP contribution in [0.3, 0.4) is 0 Å². The summed E-state index contributed by atoms with van der Waals surface area (Å²) in [7, 11) is 0. The predicted molar refractivity (Wildman–Crippen MR) is 73.0 cm³/mol. The van der Waals surface area contributed by atoms with E-state index in [-0.39, 0.29) is 11.6 Å². The number of aromatic nitrogens is 5. The first kappa shape index (κ1) is 14.3. The lowest BCUT2D eigenvalue weighted by atomic mass is 10.2. The van der Waals surface area contributed by atoms with E-state index >= 15 is 0 Å². The molecule has 0 aromatic carbocycles. The topological polar surface area (TPSA) is 48.5 Å². The zero-order valence-electron chi connectivity index (χ0n) is 11.8. The van der Waals surface area contributed by atoms with Crippen LogP contribution in [0.25, 0.3) is 11.6 Å². The zero-order valence-corrected chi connectivity index (χ0v) is 11.8. The normalized spacial score (nSPS) is 11.9. The Bertz CT molecular complexity index is 757. The molecule has 0 amide bonds. The Labute approximate surface area is 124 Å². The predicted octanol–water partition coefficient (Wildman–Crippen LogP) is 3.09. The third kappa shape index (κ3) is 2.72. The van der Waals surface area contributed by atoms with Crippen LogP contribution in [-0.4, -0.2) is 24.5 Å². The van der Waals surface area contributed by atoms with Crippen LogP contribution in [0.2, 0.25) is 0 Å². The van der Waals surface area contributed by atoms with Crippen LogP contribution in [0.1, 0.15) is 16.7 Å². The standard InChI is InChI=1S/C14H12F3N5/c1-9-5-18-21(7-9)12-3-11(14(15,16)17)4-13(20-12)22-8-10(2)6-19-22/h3-8H,1-2H3. The number of hydrogen-bond acceptors (Lipinski definition) is 3. The molecule has 0 spiro atoms. The average molecular weight is 307 g/mol. The highest BCUT2D eigenvalue weighted by molar-refractivity contribution is 5.38. The number of pyridine rings is 1. The first-order valence-electron chi connectivity index (χ1n) is 6.45. The summed E-state index contributed by atoms with van der Waals surface area (Å²) in [5.41, 5.74) is 0.861. The number of aryl methyl sites for hydroxylation is 2. The van der Waals surface area contributed by atoms with Crippen molar-refractivity contribution in [3.63, 3.8) is 0 Å². The smallest absolute Gasteiger partial charge is 0.222 e. The van der Waals surface area contributed by atoms with Crippen molar-refractivity contribution in [3.05, 3.63) is 53.6 Å². The Morgan fingerprint density at radius 1 is 0.864 bits per heavy atom. The highest BCUT2D eigenvalue weighted by Gasteiger charge is 2.32. The van der Waals surface area contributed by atoms with E-state index in [1.54, 1.807) is 38.6 Å². The van der Waals surface area contributed by atoms with E-state index in [9.17, 15) is 13.2 Å². The molecule has 0 aliphatic carbocycles. The van der Waals surface area contributed by atoms with Crippen LogP contribution in [0.15, 0.2) is 36.9 Å². The molecule has 0 atom stereocenters. The molecule has 3 heterocycles. The van der Waals surface area contributed by atoms with E-state index < -0.39 is 11.7 Å². The lowest BCUT2D eigenvalue weighted by molar-refractivity contribution is -0.137. The molecular formula is C14H12F3N5. The molecule has 0 aliphatic heterocycles. The van der Waals surface area contributed by atoms with Gasteiger partial charge in [-0.1, -0.05) is 0 Å². The fraction of sp³-hybridized carbons (Fsp3) is 0.214. The number of halogens is 3. The van der Waals surface area contributed by atoms with E-state index in [1.807, 2.05) is 0 Å². The van der Waals surface area contributed by atoms with E-state index in [4.69, 9.17) is 0 Å². The van der Waals surface area contributed by atoms with Crippen molar-refractivity contribution in [2.45, 2.75) is 20.0 Å². The van der Waals surface area contributed by atoms with Gasteiger partial charge in [0.25, 0.3) is 0 Å². The van der Waals surface area contributed by atoms with Gasteiger partial charge in [-0.2, -0.15) is 23.4 Å². The SMILES string of the molecule is Cc1cnn(-c2cc(C(F)(F)F)cc(-n3cc(C)cn3)n2)c1. The summed E-state index contributed by atoms with van der Waals surface area (Å²) in [6.45, 7) is 3.60. The van der Waals surface area contributed by atoms with Crippen molar-refractivity contribution in [3.8, 4) is 11.6 Å². The van der Waals surface area contributed by atoms with Crippen LogP contribution >= 0.6 is 0 Å². The van der Waals surface area contributed by atoms with E-state index in [0.29, 0.717) is 0 Å². The van der Waals surface area contributed by atoms with Gasteiger partial charge >= 0.3 is 6.18 Å². The summed E-state index contributed by atoms with van der Waals surface area (Å²) in [5.74, 6) is 0.178. The van der Waals surface area contributed by atoms with Crippen LogP contribution < -0.4 is 0 Å². The second-order valence-electron chi connectivity index (χ2n) is 4.99. The minimum atomic E-state index is -4.48. The highest BCUT2D eigenvalue weighted by atomic mass is 19.4. The van der Waals surface area contributed by atoms with Gasteiger partial charge in [-0.05, 0) is 37.1 Å². The molecule has 0 saturated heterocycles. The fourth-order valence-corrected chi connectivity index (χ4v) is 1.98. The van der Waals surface area contributed by atoms with Gasteiger partial charge in [-0.3, -0.25) is 0 Å². The molecule has 3 rings (SSSR count). The molecule has 5 nitrogen and oxygen atoms in total. The number of rotatable bonds is 2. The van der Waals surface area contributed by atoms with Gasteiger partial charge in [-0.15, -0.1) is 0 Å². The van der Waals surface area contributed by atoms with Crippen LogP contribution in [-0.2, 0) is 6.18 Å². The molecule has 0 radical (unpaired) electrons. The maximum atomic E-state index is 13.1. The molecule has 22 heavy (non-hydrogen) atoms. The summed E-state index contributed by atoms with van der Waals surface area (Å²) in [4.78, 5) is 4.22. The molecular weight excluding hydrogens is 295 g/mol. The fourth-order valence-electron chi connectivity index (χ4n) is 1.98. The Morgan fingerprint density at radius 2 is 1.32 bits per heavy atom. The van der Waals surface area contributed by atoms with Crippen molar-refractivity contribution in [2.75, 3.05) is 0 Å². The maximum absolute atomic E-state index is 13.1. The lowest BCUT2D eigenvalue weighted by Gasteiger charge is -2.11. The van der Waals surface area contributed by atoms with Crippen molar-refractivity contribution < 1.29 is 13.2 Å². The van der Waals surface area contributed by atoms with Gasteiger partial charge in [0.05, 0.1) is 18.0 Å². The van der Waals surface area contributed by atoms with Gasteiger partial charge in [0, 0.05) is 12.4 Å². The van der Waals surface area contributed by atoms with Crippen LogP contribution in [0.4, 0.5) is 13.2 Å². The molecule has 0 N–H and O–H groups in total. The quantitative estimate of drug-likeness (QED) is 0.731. The minimum absolute atomic E-state index is 0.0890. The largest absolute Gasteiger partial charge is 0.416 e. The molecule has 0 saturated carbocycles. The lowest BCUT2D eigenvalue weighted by Crippen LogP contribution is -2.11. The third-order valence-electron chi connectivity index (χ3n) is 3.02. The van der Waals surface area contributed by atoms with E-state index in [0.717, 1.165) is 23.3 Å². The molecule has 8 heteroatoms. The van der Waals surface area contributed by atoms with Gasteiger partial charge in [-0.25, -0.2) is 14.3 Å². The monoisotopic (exact) mass is 307 g/mol. The zero-order chi connectivity index (χ0) is 15.9. The summed E-state index contributed by atoms with van der Waals surface area (Å²) < 4.78 is 41.9. The average Bonchev–Trinajstić information content (AvgIpc) is 3.06. The van der Waals surface area contributed by atoms with Crippen LogP contribution in [0, 0.1) is 13.8 Å². The summed E-state index contributed by atoms with van der Waals surface area (Å²) in [6, 6.07) is 1.93. The number of hydrogen-bond donors (Lipinski definition) is 0. The molecule has 3 aromatic rings. The Kier molecular flexibility index (Phi) is 3.23. The van der Waals surface area contributed by atoms with Gasteiger partial charge in [0.1, 0.15) is 0 Å². The third-order valence-corrected chi connectivity index (χ3v) is 3.02. The Morgan fingerprint density at radius 3 is 1.64 bits per heavy atom. The minimum Gasteiger partial charge on any atom is -0.222 e. The molecule has 0 fully saturated rings. The maximum Gasteiger partial charge on any atom is 0.416 e.